The molecule has 4 nitrogen and oxygen atoms in total. The van der Waals surface area contributed by atoms with Gasteiger partial charge in [-0.1, -0.05) is 90.4 Å². The molecule has 0 aromatic heterocycles. The Balaban J connectivity index is 1.85. The number of rotatable bonds is 16. The van der Waals surface area contributed by atoms with Crippen molar-refractivity contribution < 1.29 is 13.2 Å². The molecule has 1 aliphatic rings. The largest absolute Gasteiger partial charge is 0.471 e. The quantitative estimate of drug-likeness (QED) is 0.241. The highest BCUT2D eigenvalue weighted by molar-refractivity contribution is 7.91. The van der Waals surface area contributed by atoms with Gasteiger partial charge >= 0.3 is 0 Å². The normalized spacial score (nSPS) is 20.9. The molecule has 1 unspecified atom stereocenters. The Morgan fingerprint density at radius 3 is 1.79 bits per heavy atom. The molecule has 0 amide bonds. The minimum Gasteiger partial charge on any atom is -0.471 e. The van der Waals surface area contributed by atoms with Crippen molar-refractivity contribution in [3.05, 3.63) is 0 Å². The van der Waals surface area contributed by atoms with Crippen molar-refractivity contribution in [1.82, 2.24) is 5.32 Å². The van der Waals surface area contributed by atoms with Gasteiger partial charge in [0.25, 0.3) is 5.17 Å². The standard InChI is InChI=1S/C22H43NO3S2/c1-3-4-5-6-7-8-9-10-11-12-13-14-15-16-18-26-21(27)23-22(2)17-19-28(24,25)20-22/h3-20H2,1-2H3,(H,23,27). The molecule has 1 saturated heterocycles. The minimum atomic E-state index is -2.93. The Kier molecular flexibility index (Phi) is 13.4. The summed E-state index contributed by atoms with van der Waals surface area (Å²) in [6, 6.07) is 0. The van der Waals surface area contributed by atoms with Crippen LogP contribution >= 0.6 is 12.2 Å². The minimum absolute atomic E-state index is 0.141. The predicted octanol–water partition coefficient (Wildman–Crippen LogP) is 5.94. The Bertz CT molecular complexity index is 522. The van der Waals surface area contributed by atoms with Crippen molar-refractivity contribution in [3.8, 4) is 0 Å². The fourth-order valence-corrected chi connectivity index (χ4v) is 6.28. The SMILES string of the molecule is CCCCCCCCCCCCCCCCOC(=S)NC1(C)CCS(=O)(=O)C1. The van der Waals surface area contributed by atoms with Gasteiger partial charge in [-0.25, -0.2) is 8.42 Å². The highest BCUT2D eigenvalue weighted by atomic mass is 32.2. The van der Waals surface area contributed by atoms with Gasteiger partial charge in [0.2, 0.25) is 0 Å². The van der Waals surface area contributed by atoms with Crippen molar-refractivity contribution in [3.63, 3.8) is 0 Å². The second kappa shape index (κ2) is 14.6. The number of ether oxygens (including phenoxy) is 1. The molecule has 1 rings (SSSR count). The summed E-state index contributed by atoms with van der Waals surface area (Å²) in [5, 5.41) is 3.43. The van der Waals surface area contributed by atoms with E-state index in [4.69, 9.17) is 17.0 Å². The molecule has 0 aromatic carbocycles. The van der Waals surface area contributed by atoms with Crippen molar-refractivity contribution >= 4 is 27.2 Å². The molecule has 0 aromatic rings. The van der Waals surface area contributed by atoms with Crippen molar-refractivity contribution in [2.45, 2.75) is 116 Å². The van der Waals surface area contributed by atoms with Crippen LogP contribution in [-0.2, 0) is 14.6 Å². The second-order valence-electron chi connectivity index (χ2n) is 8.76. The maximum atomic E-state index is 11.6. The topological polar surface area (TPSA) is 55.4 Å². The molecule has 0 radical (unpaired) electrons. The van der Waals surface area contributed by atoms with E-state index in [9.17, 15) is 8.42 Å². The third-order valence-electron chi connectivity index (χ3n) is 5.64. The average molecular weight is 434 g/mol. The number of hydrogen-bond donors (Lipinski definition) is 1. The molecule has 1 fully saturated rings. The van der Waals surface area contributed by atoms with Crippen molar-refractivity contribution in [1.29, 1.82) is 0 Å². The lowest BCUT2D eigenvalue weighted by molar-refractivity contribution is 0.272. The number of sulfone groups is 1. The van der Waals surface area contributed by atoms with Crippen LogP contribution in [0.25, 0.3) is 0 Å². The van der Waals surface area contributed by atoms with Crippen LogP contribution in [0.4, 0.5) is 0 Å². The zero-order valence-electron chi connectivity index (χ0n) is 18.3. The highest BCUT2D eigenvalue weighted by Crippen LogP contribution is 2.23. The molecule has 1 heterocycles. The van der Waals surface area contributed by atoms with Crippen LogP contribution in [0.1, 0.15) is 110 Å². The first-order valence-corrected chi connectivity index (χ1v) is 13.8. The molecule has 0 aliphatic carbocycles. The van der Waals surface area contributed by atoms with Crippen LogP contribution in [0.15, 0.2) is 0 Å². The lowest BCUT2D eigenvalue weighted by Gasteiger charge is -2.25. The van der Waals surface area contributed by atoms with E-state index in [0.29, 0.717) is 18.2 Å². The van der Waals surface area contributed by atoms with Crippen LogP contribution in [0, 0.1) is 0 Å². The van der Waals surface area contributed by atoms with E-state index in [1.54, 1.807) is 0 Å². The highest BCUT2D eigenvalue weighted by Gasteiger charge is 2.39. The zero-order chi connectivity index (χ0) is 20.7. The van der Waals surface area contributed by atoms with Crippen molar-refractivity contribution in [2.75, 3.05) is 18.1 Å². The molecular formula is C22H43NO3S2. The van der Waals surface area contributed by atoms with Crippen LogP contribution in [0.5, 0.6) is 0 Å². The van der Waals surface area contributed by atoms with Gasteiger partial charge in [-0.05, 0) is 32.0 Å². The van der Waals surface area contributed by atoms with Crippen LogP contribution in [0.3, 0.4) is 0 Å². The summed E-state index contributed by atoms with van der Waals surface area (Å²) in [5.41, 5.74) is -0.467. The first-order chi connectivity index (χ1) is 13.4. The average Bonchev–Trinajstić information content (AvgIpc) is 2.91. The van der Waals surface area contributed by atoms with Crippen LogP contribution in [0.2, 0.25) is 0 Å². The molecule has 1 atom stereocenters. The predicted molar refractivity (Wildman–Crippen MR) is 124 cm³/mol. The van der Waals surface area contributed by atoms with Gasteiger partial charge in [0, 0.05) is 0 Å². The third kappa shape index (κ3) is 13.0. The summed E-state index contributed by atoms with van der Waals surface area (Å²) < 4.78 is 28.8. The Morgan fingerprint density at radius 2 is 1.36 bits per heavy atom. The molecule has 1 N–H and O–H groups in total. The van der Waals surface area contributed by atoms with E-state index >= 15 is 0 Å². The summed E-state index contributed by atoms with van der Waals surface area (Å²) in [6.07, 6.45) is 19.3. The first kappa shape index (κ1) is 25.7. The summed E-state index contributed by atoms with van der Waals surface area (Å²) in [5.74, 6) is 0.375. The van der Waals surface area contributed by atoms with Gasteiger partial charge in [0.1, 0.15) is 0 Å². The zero-order valence-corrected chi connectivity index (χ0v) is 19.9. The molecule has 6 heteroatoms. The number of unbranched alkanes of at least 4 members (excludes halogenated alkanes) is 13. The Labute approximate surface area is 179 Å². The second-order valence-corrected chi connectivity index (χ2v) is 11.3. The molecule has 166 valence electrons. The van der Waals surface area contributed by atoms with Gasteiger partial charge in [-0.3, -0.25) is 0 Å². The smallest absolute Gasteiger partial charge is 0.257 e. The molecule has 28 heavy (non-hydrogen) atoms. The molecule has 1 aliphatic heterocycles. The number of nitrogens with one attached hydrogen (secondary N) is 1. The van der Waals surface area contributed by atoms with E-state index in [1.165, 1.54) is 83.5 Å². The molecule has 0 saturated carbocycles. The van der Waals surface area contributed by atoms with E-state index in [-0.39, 0.29) is 11.5 Å². The lowest BCUT2D eigenvalue weighted by Crippen LogP contribution is -2.47. The van der Waals surface area contributed by atoms with E-state index < -0.39 is 15.4 Å². The lowest BCUT2D eigenvalue weighted by atomic mass is 10.0. The Morgan fingerprint density at radius 1 is 0.893 bits per heavy atom. The van der Waals surface area contributed by atoms with Gasteiger partial charge in [0.05, 0.1) is 23.7 Å². The van der Waals surface area contributed by atoms with Gasteiger partial charge < -0.3 is 10.1 Å². The Hall–Kier alpha value is -0.360. The first-order valence-electron chi connectivity index (χ1n) is 11.5. The summed E-state index contributed by atoms with van der Waals surface area (Å²) in [4.78, 5) is 0. The fourth-order valence-electron chi connectivity index (χ4n) is 3.85. The maximum Gasteiger partial charge on any atom is 0.257 e. The molecule has 0 spiro atoms. The van der Waals surface area contributed by atoms with E-state index in [0.717, 1.165) is 6.42 Å². The number of hydrogen-bond acceptors (Lipinski definition) is 4. The summed E-state index contributed by atoms with van der Waals surface area (Å²) >= 11 is 5.21. The van der Waals surface area contributed by atoms with Gasteiger partial charge in [-0.2, -0.15) is 0 Å². The summed E-state index contributed by atoms with van der Waals surface area (Å²) in [7, 11) is -2.93. The summed E-state index contributed by atoms with van der Waals surface area (Å²) in [6.45, 7) is 4.79. The van der Waals surface area contributed by atoms with Crippen LogP contribution in [-0.4, -0.2) is 37.2 Å². The van der Waals surface area contributed by atoms with E-state index in [1.807, 2.05) is 6.92 Å². The van der Waals surface area contributed by atoms with Gasteiger partial charge in [-0.15, -0.1) is 0 Å². The van der Waals surface area contributed by atoms with Crippen LogP contribution < -0.4 is 5.32 Å². The van der Waals surface area contributed by atoms with Gasteiger partial charge in [0.15, 0.2) is 9.84 Å². The van der Waals surface area contributed by atoms with Crippen molar-refractivity contribution in [2.24, 2.45) is 0 Å². The number of thiocarbonyl (C=S) groups is 1. The fraction of sp³-hybridized carbons (Fsp3) is 0.955. The monoisotopic (exact) mass is 433 g/mol. The maximum absolute atomic E-state index is 11.6. The molecular weight excluding hydrogens is 390 g/mol. The molecule has 0 bridgehead atoms. The third-order valence-corrected chi connectivity index (χ3v) is 7.76. The van der Waals surface area contributed by atoms with E-state index in [2.05, 4.69) is 12.2 Å².